The molecule has 0 spiro atoms. The van der Waals surface area contributed by atoms with Crippen molar-refractivity contribution in [2.45, 2.75) is 26.8 Å². The van der Waals surface area contributed by atoms with Gasteiger partial charge in [-0.1, -0.05) is 12.1 Å². The third kappa shape index (κ3) is 2.75. The van der Waals surface area contributed by atoms with Crippen LogP contribution in [0.25, 0.3) is 0 Å². The first-order chi connectivity index (χ1) is 9.52. The van der Waals surface area contributed by atoms with E-state index in [0.29, 0.717) is 11.4 Å². The van der Waals surface area contributed by atoms with Crippen LogP contribution in [-0.2, 0) is 0 Å². The molecule has 0 saturated heterocycles. The van der Waals surface area contributed by atoms with Gasteiger partial charge in [0.1, 0.15) is 17.4 Å². The fraction of sp³-hybridized carbons (Fsp3) is 0.267. The van der Waals surface area contributed by atoms with Gasteiger partial charge >= 0.3 is 0 Å². The molecule has 0 aliphatic heterocycles. The van der Waals surface area contributed by atoms with Gasteiger partial charge in [0.15, 0.2) is 5.82 Å². The minimum atomic E-state index is -0.273. The van der Waals surface area contributed by atoms with Crippen LogP contribution in [0, 0.1) is 31.0 Å². The fourth-order valence-corrected chi connectivity index (χ4v) is 1.89. The molecule has 0 bridgehead atoms. The van der Waals surface area contributed by atoms with E-state index in [1.165, 1.54) is 12.1 Å². The van der Waals surface area contributed by atoms with Crippen LogP contribution in [0.3, 0.4) is 0 Å². The molecule has 2 rings (SSSR count). The average Bonchev–Trinajstić information content (AvgIpc) is 2.44. The number of nitrogens with zero attached hydrogens (tertiary/aromatic N) is 3. The summed E-state index contributed by atoms with van der Waals surface area (Å²) < 4.78 is 12.9. The molecule has 2 aromatic rings. The quantitative estimate of drug-likeness (QED) is 0.929. The Kier molecular flexibility index (Phi) is 3.94. The highest BCUT2D eigenvalue weighted by Crippen LogP contribution is 2.22. The number of nitriles is 1. The number of hydrogen-bond donors (Lipinski definition) is 1. The highest BCUT2D eigenvalue weighted by molar-refractivity contribution is 5.56. The van der Waals surface area contributed by atoms with Crippen molar-refractivity contribution in [3.05, 3.63) is 52.5 Å². The molecule has 0 aliphatic rings. The second kappa shape index (κ2) is 5.66. The first-order valence-corrected chi connectivity index (χ1v) is 6.29. The lowest BCUT2D eigenvalue weighted by Crippen LogP contribution is -2.11. The number of anilines is 1. The summed E-state index contributed by atoms with van der Waals surface area (Å²) in [4.78, 5) is 0. The van der Waals surface area contributed by atoms with Crippen LogP contribution in [-0.4, -0.2) is 10.2 Å². The van der Waals surface area contributed by atoms with E-state index in [1.54, 1.807) is 12.1 Å². The van der Waals surface area contributed by atoms with Crippen LogP contribution in [0.15, 0.2) is 24.3 Å². The summed E-state index contributed by atoms with van der Waals surface area (Å²) in [5.41, 5.74) is 2.96. The summed E-state index contributed by atoms with van der Waals surface area (Å²) in [7, 11) is 0. The molecule has 4 nitrogen and oxygen atoms in total. The summed E-state index contributed by atoms with van der Waals surface area (Å²) in [6.07, 6.45) is 0. The first kappa shape index (κ1) is 13.9. The van der Waals surface area contributed by atoms with Crippen molar-refractivity contribution >= 4 is 5.82 Å². The van der Waals surface area contributed by atoms with Crippen LogP contribution in [0.4, 0.5) is 10.2 Å². The lowest BCUT2D eigenvalue weighted by atomic mass is 10.1. The van der Waals surface area contributed by atoms with E-state index in [-0.39, 0.29) is 11.9 Å². The van der Waals surface area contributed by atoms with Gasteiger partial charge in [0.2, 0.25) is 0 Å². The molecule has 1 heterocycles. The fourth-order valence-electron chi connectivity index (χ4n) is 1.89. The number of aromatic nitrogens is 2. The van der Waals surface area contributed by atoms with Gasteiger partial charge in [0.25, 0.3) is 0 Å². The zero-order valence-corrected chi connectivity index (χ0v) is 11.6. The van der Waals surface area contributed by atoms with Crippen LogP contribution >= 0.6 is 0 Å². The normalized spacial score (nSPS) is 11.8. The van der Waals surface area contributed by atoms with E-state index < -0.39 is 0 Å². The highest BCUT2D eigenvalue weighted by atomic mass is 19.1. The van der Waals surface area contributed by atoms with Crippen molar-refractivity contribution in [3.8, 4) is 6.07 Å². The zero-order valence-electron chi connectivity index (χ0n) is 11.6. The number of nitrogens with one attached hydrogen (secondary N) is 1. The van der Waals surface area contributed by atoms with E-state index in [1.807, 2.05) is 20.8 Å². The number of aryl methyl sites for hydroxylation is 1. The minimum absolute atomic E-state index is 0.0980. The highest BCUT2D eigenvalue weighted by Gasteiger charge is 2.13. The van der Waals surface area contributed by atoms with E-state index in [9.17, 15) is 9.65 Å². The lowest BCUT2D eigenvalue weighted by molar-refractivity contribution is 0.626. The molecule has 1 N–H and O–H groups in total. The van der Waals surface area contributed by atoms with Gasteiger partial charge in [-0.15, -0.1) is 5.10 Å². The molecular formula is C15H15FN4. The monoisotopic (exact) mass is 270 g/mol. The molecule has 20 heavy (non-hydrogen) atoms. The van der Waals surface area contributed by atoms with Gasteiger partial charge in [-0.3, -0.25) is 0 Å². The Balaban J connectivity index is 2.28. The maximum atomic E-state index is 12.9. The molecule has 0 amide bonds. The summed E-state index contributed by atoms with van der Waals surface area (Å²) in [6.45, 7) is 5.58. The van der Waals surface area contributed by atoms with Crippen molar-refractivity contribution in [2.75, 3.05) is 5.32 Å². The standard InChI is InChI=1S/C15H15FN4/c1-9-10(2)19-20-15(14(9)8-17)18-11(3)12-4-6-13(16)7-5-12/h4-7,11H,1-3H3,(H,18,20)/t11-/m1/s1. The summed E-state index contributed by atoms with van der Waals surface area (Å²) in [5.74, 6) is 0.178. The minimum Gasteiger partial charge on any atom is -0.361 e. The number of hydrogen-bond acceptors (Lipinski definition) is 4. The largest absolute Gasteiger partial charge is 0.361 e. The predicted molar refractivity (Wildman–Crippen MR) is 74.7 cm³/mol. The maximum absolute atomic E-state index is 12.9. The molecular weight excluding hydrogens is 255 g/mol. The Morgan fingerprint density at radius 1 is 1.20 bits per heavy atom. The molecule has 0 aliphatic carbocycles. The zero-order chi connectivity index (χ0) is 14.7. The number of rotatable bonds is 3. The van der Waals surface area contributed by atoms with Gasteiger partial charge in [0.05, 0.1) is 11.7 Å². The van der Waals surface area contributed by atoms with Crippen LogP contribution < -0.4 is 5.32 Å². The Hall–Kier alpha value is -2.48. The molecule has 0 saturated carbocycles. The van der Waals surface area contributed by atoms with Crippen LogP contribution in [0.1, 0.15) is 35.3 Å². The van der Waals surface area contributed by atoms with E-state index in [2.05, 4.69) is 21.6 Å². The Labute approximate surface area is 117 Å². The van der Waals surface area contributed by atoms with Crippen molar-refractivity contribution < 1.29 is 4.39 Å². The van der Waals surface area contributed by atoms with Crippen molar-refractivity contribution in [1.29, 1.82) is 5.26 Å². The summed E-state index contributed by atoms with van der Waals surface area (Å²) >= 11 is 0. The first-order valence-electron chi connectivity index (χ1n) is 6.29. The van der Waals surface area contributed by atoms with Gasteiger partial charge in [0, 0.05) is 0 Å². The van der Waals surface area contributed by atoms with Gasteiger partial charge in [-0.05, 0) is 44.0 Å². The van der Waals surface area contributed by atoms with E-state index in [4.69, 9.17) is 0 Å². The Morgan fingerprint density at radius 2 is 1.85 bits per heavy atom. The third-order valence-electron chi connectivity index (χ3n) is 3.29. The summed E-state index contributed by atoms with van der Waals surface area (Å²) in [6, 6.07) is 8.27. The lowest BCUT2D eigenvalue weighted by Gasteiger charge is -2.16. The third-order valence-corrected chi connectivity index (χ3v) is 3.29. The van der Waals surface area contributed by atoms with Crippen molar-refractivity contribution in [2.24, 2.45) is 0 Å². The molecule has 1 atom stereocenters. The van der Waals surface area contributed by atoms with Crippen molar-refractivity contribution in [1.82, 2.24) is 10.2 Å². The van der Waals surface area contributed by atoms with Crippen LogP contribution in [0.2, 0.25) is 0 Å². The SMILES string of the molecule is Cc1nnc(N[C@H](C)c2ccc(F)cc2)c(C#N)c1C. The number of halogens is 1. The second-order valence-corrected chi connectivity index (χ2v) is 4.66. The van der Waals surface area contributed by atoms with Crippen molar-refractivity contribution in [3.63, 3.8) is 0 Å². The Morgan fingerprint density at radius 3 is 2.45 bits per heavy atom. The predicted octanol–water partition coefficient (Wildman–Crippen LogP) is 3.28. The molecule has 1 aromatic carbocycles. The van der Waals surface area contributed by atoms with E-state index in [0.717, 1.165) is 16.8 Å². The second-order valence-electron chi connectivity index (χ2n) is 4.66. The molecule has 102 valence electrons. The van der Waals surface area contributed by atoms with Gasteiger partial charge < -0.3 is 5.32 Å². The molecule has 0 radical (unpaired) electrons. The van der Waals surface area contributed by atoms with Crippen LogP contribution in [0.5, 0.6) is 0 Å². The van der Waals surface area contributed by atoms with Gasteiger partial charge in [-0.25, -0.2) is 4.39 Å². The molecule has 0 unspecified atom stereocenters. The topological polar surface area (TPSA) is 61.6 Å². The Bertz CT molecular complexity index is 659. The smallest absolute Gasteiger partial charge is 0.167 e. The molecule has 1 aromatic heterocycles. The maximum Gasteiger partial charge on any atom is 0.167 e. The average molecular weight is 270 g/mol. The van der Waals surface area contributed by atoms with E-state index >= 15 is 0 Å². The van der Waals surface area contributed by atoms with Gasteiger partial charge in [-0.2, -0.15) is 10.4 Å². The molecule has 5 heteroatoms. The summed E-state index contributed by atoms with van der Waals surface area (Å²) in [5, 5.41) is 20.4. The molecule has 0 fully saturated rings. The number of benzene rings is 1.